The average Bonchev–Trinajstić information content (AvgIpc) is 2.85. The first-order valence-electron chi connectivity index (χ1n) is 7.36. The molecule has 20 heavy (non-hydrogen) atoms. The lowest BCUT2D eigenvalue weighted by atomic mass is 9.90. The third-order valence-electron chi connectivity index (χ3n) is 4.47. The van der Waals surface area contributed by atoms with Crippen LogP contribution in [0.1, 0.15) is 37.8 Å². The number of nitrogens with zero attached hydrogens (tertiary/aromatic N) is 1. The molecule has 1 N–H and O–H groups in total. The van der Waals surface area contributed by atoms with E-state index >= 15 is 0 Å². The van der Waals surface area contributed by atoms with Gasteiger partial charge in [0.2, 0.25) is 0 Å². The van der Waals surface area contributed by atoms with Crippen molar-refractivity contribution in [2.24, 2.45) is 5.92 Å². The molecule has 2 aliphatic rings. The van der Waals surface area contributed by atoms with Crippen molar-refractivity contribution in [1.29, 1.82) is 0 Å². The van der Waals surface area contributed by atoms with Crippen LogP contribution >= 0.6 is 0 Å². The maximum Gasteiger partial charge on any atom is 0.304 e. The first-order valence-corrected chi connectivity index (χ1v) is 7.36. The Kier molecular flexibility index (Phi) is 3.66. The molecular formula is C16H21NO3. The summed E-state index contributed by atoms with van der Waals surface area (Å²) in [4.78, 5) is 13.4. The highest BCUT2D eigenvalue weighted by Crippen LogP contribution is 2.42. The standard InChI is InChI=1S/C16H21NO3/c1-11-10-20-14-7-3-2-6-13(14)16(11)17-8-4-5-12(17)9-15(18)19/h2-3,6-7,11-12,16H,4-5,8-10H2,1H3,(H,18,19). The van der Waals surface area contributed by atoms with Crippen LogP contribution in [0.2, 0.25) is 0 Å². The summed E-state index contributed by atoms with van der Waals surface area (Å²) < 4.78 is 5.80. The zero-order valence-corrected chi connectivity index (χ0v) is 11.8. The van der Waals surface area contributed by atoms with Gasteiger partial charge in [-0.1, -0.05) is 25.1 Å². The van der Waals surface area contributed by atoms with Gasteiger partial charge in [-0.15, -0.1) is 0 Å². The van der Waals surface area contributed by atoms with Gasteiger partial charge in [-0.05, 0) is 25.5 Å². The first kappa shape index (κ1) is 13.4. The second kappa shape index (κ2) is 5.44. The molecule has 0 saturated carbocycles. The number of carbonyl (C=O) groups is 1. The van der Waals surface area contributed by atoms with Gasteiger partial charge in [0.1, 0.15) is 5.75 Å². The number of likely N-dealkylation sites (tertiary alicyclic amines) is 1. The maximum atomic E-state index is 11.1. The van der Waals surface area contributed by atoms with E-state index in [1.165, 1.54) is 5.56 Å². The van der Waals surface area contributed by atoms with Gasteiger partial charge in [-0.25, -0.2) is 0 Å². The van der Waals surface area contributed by atoms with Gasteiger partial charge in [-0.2, -0.15) is 0 Å². The summed E-state index contributed by atoms with van der Waals surface area (Å²) in [6.07, 6.45) is 2.31. The van der Waals surface area contributed by atoms with Gasteiger partial charge in [0.15, 0.2) is 0 Å². The molecule has 3 unspecified atom stereocenters. The molecule has 0 aromatic heterocycles. The zero-order chi connectivity index (χ0) is 14.1. The van der Waals surface area contributed by atoms with E-state index in [1.54, 1.807) is 0 Å². The Morgan fingerprint density at radius 2 is 2.25 bits per heavy atom. The van der Waals surface area contributed by atoms with Crippen molar-refractivity contribution in [1.82, 2.24) is 4.90 Å². The molecule has 108 valence electrons. The van der Waals surface area contributed by atoms with Gasteiger partial charge >= 0.3 is 5.97 Å². The lowest BCUT2D eigenvalue weighted by Gasteiger charge is -2.40. The van der Waals surface area contributed by atoms with Crippen LogP contribution in [0.5, 0.6) is 5.75 Å². The Balaban J connectivity index is 1.90. The molecule has 1 aromatic carbocycles. The summed E-state index contributed by atoms with van der Waals surface area (Å²) in [5.74, 6) is 0.644. The molecule has 2 aliphatic heterocycles. The lowest BCUT2D eigenvalue weighted by molar-refractivity contribution is -0.138. The van der Waals surface area contributed by atoms with Gasteiger partial charge < -0.3 is 9.84 Å². The third kappa shape index (κ3) is 2.40. The molecule has 4 heteroatoms. The monoisotopic (exact) mass is 275 g/mol. The van der Waals surface area contributed by atoms with Crippen LogP contribution in [0.3, 0.4) is 0 Å². The molecule has 0 aliphatic carbocycles. The predicted molar refractivity (Wildman–Crippen MR) is 75.8 cm³/mol. The van der Waals surface area contributed by atoms with Crippen molar-refractivity contribution < 1.29 is 14.6 Å². The molecule has 4 nitrogen and oxygen atoms in total. The Morgan fingerprint density at radius 3 is 3.05 bits per heavy atom. The number of carboxylic acid groups (broad SMARTS) is 1. The summed E-state index contributed by atoms with van der Waals surface area (Å²) in [7, 11) is 0. The molecule has 2 heterocycles. The number of ether oxygens (including phenoxy) is 1. The Bertz CT molecular complexity index is 502. The normalized spacial score (nSPS) is 29.8. The molecule has 1 aromatic rings. The van der Waals surface area contributed by atoms with Crippen molar-refractivity contribution in [2.75, 3.05) is 13.2 Å². The second-order valence-electron chi connectivity index (χ2n) is 5.90. The fraction of sp³-hybridized carbons (Fsp3) is 0.562. The number of fused-ring (bicyclic) bond motifs is 1. The van der Waals surface area contributed by atoms with E-state index in [4.69, 9.17) is 9.84 Å². The van der Waals surface area contributed by atoms with E-state index in [0.717, 1.165) is 25.1 Å². The molecule has 1 saturated heterocycles. The molecule has 3 rings (SSSR count). The molecule has 0 radical (unpaired) electrons. The molecule has 1 fully saturated rings. The van der Waals surface area contributed by atoms with Gasteiger partial charge in [0.25, 0.3) is 0 Å². The highest BCUT2D eigenvalue weighted by Gasteiger charge is 2.38. The maximum absolute atomic E-state index is 11.1. The van der Waals surface area contributed by atoms with E-state index < -0.39 is 5.97 Å². The third-order valence-corrected chi connectivity index (χ3v) is 4.47. The van der Waals surface area contributed by atoms with E-state index in [0.29, 0.717) is 12.5 Å². The largest absolute Gasteiger partial charge is 0.493 e. The molecule has 0 amide bonds. The number of hydrogen-bond acceptors (Lipinski definition) is 3. The number of hydrogen-bond donors (Lipinski definition) is 1. The summed E-state index contributed by atoms with van der Waals surface area (Å²) in [5.41, 5.74) is 1.21. The van der Waals surface area contributed by atoms with Crippen LogP contribution in [-0.4, -0.2) is 35.2 Å². The topological polar surface area (TPSA) is 49.8 Å². The van der Waals surface area contributed by atoms with Gasteiger partial charge in [-0.3, -0.25) is 9.69 Å². The minimum atomic E-state index is -0.699. The van der Waals surface area contributed by atoms with Gasteiger partial charge in [0, 0.05) is 23.6 Å². The van der Waals surface area contributed by atoms with Crippen LogP contribution < -0.4 is 4.74 Å². The zero-order valence-electron chi connectivity index (χ0n) is 11.8. The van der Waals surface area contributed by atoms with Crippen LogP contribution in [0.15, 0.2) is 24.3 Å². The van der Waals surface area contributed by atoms with Crippen molar-refractivity contribution in [3.05, 3.63) is 29.8 Å². The van der Waals surface area contributed by atoms with Crippen LogP contribution in [0, 0.1) is 5.92 Å². The predicted octanol–water partition coefficient (Wildman–Crippen LogP) is 2.70. The second-order valence-corrected chi connectivity index (χ2v) is 5.90. The number of benzene rings is 1. The fourth-order valence-corrected chi connectivity index (χ4v) is 3.63. The Labute approximate surface area is 119 Å². The molecule has 0 spiro atoms. The van der Waals surface area contributed by atoms with Crippen LogP contribution in [-0.2, 0) is 4.79 Å². The minimum absolute atomic E-state index is 0.158. The van der Waals surface area contributed by atoms with E-state index in [2.05, 4.69) is 17.9 Å². The summed E-state index contributed by atoms with van der Waals surface area (Å²) >= 11 is 0. The van der Waals surface area contributed by atoms with Gasteiger partial charge in [0.05, 0.1) is 13.0 Å². The Morgan fingerprint density at radius 1 is 1.45 bits per heavy atom. The number of carboxylic acids is 1. The van der Waals surface area contributed by atoms with Crippen molar-refractivity contribution in [2.45, 2.75) is 38.3 Å². The summed E-state index contributed by atoms with van der Waals surface area (Å²) in [6, 6.07) is 8.60. The molecule has 3 atom stereocenters. The SMILES string of the molecule is CC1COc2ccccc2C1N1CCCC1CC(=O)O. The molecule has 0 bridgehead atoms. The average molecular weight is 275 g/mol. The van der Waals surface area contributed by atoms with E-state index in [1.807, 2.05) is 18.2 Å². The van der Waals surface area contributed by atoms with Crippen LogP contribution in [0.25, 0.3) is 0 Å². The van der Waals surface area contributed by atoms with E-state index in [-0.39, 0.29) is 18.5 Å². The van der Waals surface area contributed by atoms with Crippen molar-refractivity contribution >= 4 is 5.97 Å². The molecular weight excluding hydrogens is 254 g/mol. The number of rotatable bonds is 3. The van der Waals surface area contributed by atoms with Crippen molar-refractivity contribution in [3.8, 4) is 5.75 Å². The number of para-hydroxylation sites is 1. The fourth-order valence-electron chi connectivity index (χ4n) is 3.63. The minimum Gasteiger partial charge on any atom is -0.493 e. The van der Waals surface area contributed by atoms with E-state index in [9.17, 15) is 4.79 Å². The van der Waals surface area contributed by atoms with Crippen molar-refractivity contribution in [3.63, 3.8) is 0 Å². The summed E-state index contributed by atoms with van der Waals surface area (Å²) in [6.45, 7) is 3.88. The highest BCUT2D eigenvalue weighted by molar-refractivity contribution is 5.67. The lowest BCUT2D eigenvalue weighted by Crippen LogP contribution is -2.41. The van der Waals surface area contributed by atoms with Crippen LogP contribution in [0.4, 0.5) is 0 Å². The quantitative estimate of drug-likeness (QED) is 0.921. The summed E-state index contributed by atoms with van der Waals surface area (Å²) in [5, 5.41) is 9.10. The Hall–Kier alpha value is -1.55. The first-order chi connectivity index (χ1) is 9.66. The smallest absolute Gasteiger partial charge is 0.304 e. The highest BCUT2D eigenvalue weighted by atomic mass is 16.5. The number of aliphatic carboxylic acids is 1.